The molecule has 108 valence electrons. The van der Waals surface area contributed by atoms with Crippen LogP contribution in [0.2, 0.25) is 0 Å². The number of nitrogens with one attached hydrogen (secondary N) is 1. The number of ether oxygens (including phenoxy) is 1. The molecule has 0 spiro atoms. The Morgan fingerprint density at radius 3 is 3.11 bits per heavy atom. The van der Waals surface area contributed by atoms with Gasteiger partial charge in [0.15, 0.2) is 0 Å². The first-order chi connectivity index (χ1) is 9.24. The summed E-state index contributed by atoms with van der Waals surface area (Å²) in [5.41, 5.74) is 2.94. The van der Waals surface area contributed by atoms with Gasteiger partial charge in [-0.05, 0) is 26.8 Å². The van der Waals surface area contributed by atoms with E-state index >= 15 is 0 Å². The van der Waals surface area contributed by atoms with Crippen molar-refractivity contribution in [3.05, 3.63) is 28.2 Å². The van der Waals surface area contributed by atoms with E-state index in [0.717, 1.165) is 25.1 Å². The maximum atomic E-state index is 9.70. The summed E-state index contributed by atoms with van der Waals surface area (Å²) in [6.07, 6.45) is 5.57. The fourth-order valence-corrected chi connectivity index (χ4v) is 2.39. The second-order valence-electron chi connectivity index (χ2n) is 4.40. The van der Waals surface area contributed by atoms with Gasteiger partial charge in [0.05, 0.1) is 30.5 Å². The smallest absolute Gasteiger partial charge is 0.0897 e. The van der Waals surface area contributed by atoms with Gasteiger partial charge in [-0.3, -0.25) is 0 Å². The van der Waals surface area contributed by atoms with Gasteiger partial charge in [-0.1, -0.05) is 12.2 Å². The monoisotopic (exact) mass is 284 g/mol. The Balaban J connectivity index is 1.98. The van der Waals surface area contributed by atoms with E-state index in [9.17, 15) is 5.11 Å². The number of aromatic nitrogens is 1. The van der Waals surface area contributed by atoms with Crippen molar-refractivity contribution in [2.45, 2.75) is 32.8 Å². The van der Waals surface area contributed by atoms with Crippen LogP contribution in [0.4, 0.5) is 0 Å². The zero-order valence-corrected chi connectivity index (χ0v) is 12.6. The molecule has 0 saturated heterocycles. The van der Waals surface area contributed by atoms with Crippen molar-refractivity contribution < 1.29 is 9.84 Å². The molecule has 1 heterocycles. The molecule has 0 radical (unpaired) electrons. The highest BCUT2D eigenvalue weighted by Crippen LogP contribution is 2.12. The van der Waals surface area contributed by atoms with Crippen LogP contribution in [0, 0.1) is 6.92 Å². The van der Waals surface area contributed by atoms with Crippen molar-refractivity contribution in [3.8, 4) is 0 Å². The number of aliphatic hydroxyl groups is 1. The molecule has 2 N–H and O–H groups in total. The topological polar surface area (TPSA) is 54.4 Å². The van der Waals surface area contributed by atoms with Crippen molar-refractivity contribution in [2.75, 3.05) is 26.3 Å². The van der Waals surface area contributed by atoms with Crippen LogP contribution in [0.25, 0.3) is 0 Å². The molecule has 1 aromatic heterocycles. The summed E-state index contributed by atoms with van der Waals surface area (Å²) in [4.78, 5) is 5.46. The van der Waals surface area contributed by atoms with E-state index in [4.69, 9.17) is 4.74 Å². The lowest BCUT2D eigenvalue weighted by Crippen LogP contribution is -2.31. The molecule has 1 rings (SSSR count). The molecule has 0 bridgehead atoms. The zero-order valence-electron chi connectivity index (χ0n) is 11.8. The average molecular weight is 284 g/mol. The minimum absolute atomic E-state index is 0.383. The molecule has 0 fully saturated rings. The third-order valence-corrected chi connectivity index (χ3v) is 3.73. The first kappa shape index (κ1) is 16.3. The molecule has 1 aromatic rings. The predicted octanol–water partition coefficient (Wildman–Crippen LogP) is 1.93. The van der Waals surface area contributed by atoms with Gasteiger partial charge in [0, 0.05) is 17.8 Å². The van der Waals surface area contributed by atoms with Gasteiger partial charge in [-0.2, -0.15) is 0 Å². The normalized spacial score (nSPS) is 13.2. The first-order valence-electron chi connectivity index (χ1n) is 6.70. The van der Waals surface area contributed by atoms with Gasteiger partial charge >= 0.3 is 0 Å². The van der Waals surface area contributed by atoms with Crippen molar-refractivity contribution >= 4 is 11.3 Å². The molecule has 0 aliphatic carbocycles. The molecular formula is C14H24N2O2S. The Morgan fingerprint density at radius 2 is 2.42 bits per heavy atom. The van der Waals surface area contributed by atoms with Gasteiger partial charge in [0.1, 0.15) is 0 Å². The van der Waals surface area contributed by atoms with E-state index in [0.29, 0.717) is 19.8 Å². The molecule has 0 saturated carbocycles. The number of thiazole rings is 1. The number of rotatable bonds is 10. The number of aliphatic hydroxyl groups excluding tert-OH is 1. The predicted molar refractivity (Wildman–Crippen MR) is 79.7 cm³/mol. The minimum atomic E-state index is -0.437. The summed E-state index contributed by atoms with van der Waals surface area (Å²) in [6.45, 7) is 6.51. The van der Waals surface area contributed by atoms with E-state index in [1.54, 1.807) is 11.3 Å². The Kier molecular flexibility index (Phi) is 8.66. The van der Waals surface area contributed by atoms with Crippen LogP contribution < -0.4 is 5.32 Å². The minimum Gasteiger partial charge on any atom is -0.389 e. The van der Waals surface area contributed by atoms with Gasteiger partial charge in [-0.15, -0.1) is 11.3 Å². The van der Waals surface area contributed by atoms with Gasteiger partial charge in [-0.25, -0.2) is 4.98 Å². The fourth-order valence-electron chi connectivity index (χ4n) is 1.63. The number of hydrogen-bond acceptors (Lipinski definition) is 5. The lowest BCUT2D eigenvalue weighted by atomic mass is 10.3. The SMILES string of the molecule is C/C=C/CCNCC(O)COCCc1scnc1C. The summed E-state index contributed by atoms with van der Waals surface area (Å²) in [6, 6.07) is 0. The summed E-state index contributed by atoms with van der Waals surface area (Å²) in [7, 11) is 0. The number of aryl methyl sites for hydroxylation is 1. The van der Waals surface area contributed by atoms with Gasteiger partial charge < -0.3 is 15.2 Å². The second kappa shape index (κ2) is 10.1. The fraction of sp³-hybridized carbons (Fsp3) is 0.643. The van der Waals surface area contributed by atoms with Crippen molar-refractivity contribution in [2.24, 2.45) is 0 Å². The largest absolute Gasteiger partial charge is 0.389 e. The number of nitrogens with zero attached hydrogens (tertiary/aromatic N) is 1. The Labute approximate surface area is 119 Å². The molecule has 0 aromatic carbocycles. The quantitative estimate of drug-likeness (QED) is 0.509. The van der Waals surface area contributed by atoms with E-state index in [2.05, 4.69) is 16.4 Å². The second-order valence-corrected chi connectivity index (χ2v) is 5.34. The maximum absolute atomic E-state index is 9.70. The Morgan fingerprint density at radius 1 is 1.58 bits per heavy atom. The highest BCUT2D eigenvalue weighted by atomic mass is 32.1. The molecule has 1 unspecified atom stereocenters. The number of hydrogen-bond donors (Lipinski definition) is 2. The van der Waals surface area contributed by atoms with Crippen LogP contribution >= 0.6 is 11.3 Å². The standard InChI is InChI=1S/C14H24N2O2S/c1-3-4-5-7-15-9-13(17)10-18-8-6-14-12(2)16-11-19-14/h3-4,11,13,15,17H,5-10H2,1-2H3/b4-3+. The molecule has 19 heavy (non-hydrogen) atoms. The third kappa shape index (κ3) is 7.42. The summed E-state index contributed by atoms with van der Waals surface area (Å²) < 4.78 is 5.48. The molecule has 1 atom stereocenters. The molecule has 5 heteroatoms. The van der Waals surface area contributed by atoms with Crippen molar-refractivity contribution in [3.63, 3.8) is 0 Å². The van der Waals surface area contributed by atoms with Crippen LogP contribution in [-0.4, -0.2) is 42.5 Å². The molecular weight excluding hydrogens is 260 g/mol. The third-order valence-electron chi connectivity index (χ3n) is 2.73. The van der Waals surface area contributed by atoms with Gasteiger partial charge in [0.2, 0.25) is 0 Å². The van der Waals surface area contributed by atoms with E-state index in [1.165, 1.54) is 4.88 Å². The van der Waals surface area contributed by atoms with E-state index in [1.807, 2.05) is 25.4 Å². The maximum Gasteiger partial charge on any atom is 0.0897 e. The summed E-state index contributed by atoms with van der Waals surface area (Å²) in [5, 5.41) is 12.9. The van der Waals surface area contributed by atoms with Crippen LogP contribution in [0.5, 0.6) is 0 Å². The highest BCUT2D eigenvalue weighted by molar-refractivity contribution is 7.09. The van der Waals surface area contributed by atoms with Crippen LogP contribution in [0.1, 0.15) is 23.9 Å². The van der Waals surface area contributed by atoms with Crippen LogP contribution in [-0.2, 0) is 11.2 Å². The lowest BCUT2D eigenvalue weighted by Gasteiger charge is -2.11. The zero-order chi connectivity index (χ0) is 13.9. The summed E-state index contributed by atoms with van der Waals surface area (Å²) >= 11 is 1.66. The Bertz CT molecular complexity index is 366. The van der Waals surface area contributed by atoms with Crippen LogP contribution in [0.15, 0.2) is 17.7 Å². The highest BCUT2D eigenvalue weighted by Gasteiger charge is 2.05. The number of allylic oxidation sites excluding steroid dienone is 1. The van der Waals surface area contributed by atoms with Gasteiger partial charge in [0.25, 0.3) is 0 Å². The molecule has 4 nitrogen and oxygen atoms in total. The van der Waals surface area contributed by atoms with E-state index in [-0.39, 0.29) is 0 Å². The summed E-state index contributed by atoms with van der Waals surface area (Å²) in [5.74, 6) is 0. The van der Waals surface area contributed by atoms with Crippen molar-refractivity contribution in [1.82, 2.24) is 10.3 Å². The van der Waals surface area contributed by atoms with Crippen LogP contribution in [0.3, 0.4) is 0 Å². The van der Waals surface area contributed by atoms with E-state index < -0.39 is 6.10 Å². The average Bonchev–Trinajstić information content (AvgIpc) is 2.80. The molecule has 0 aliphatic heterocycles. The molecule has 0 aliphatic rings. The Hall–Kier alpha value is -0.750. The lowest BCUT2D eigenvalue weighted by molar-refractivity contribution is 0.0387. The van der Waals surface area contributed by atoms with Crippen molar-refractivity contribution in [1.29, 1.82) is 0 Å². The molecule has 0 amide bonds. The first-order valence-corrected chi connectivity index (χ1v) is 7.58.